The lowest BCUT2D eigenvalue weighted by Crippen LogP contribution is -2.49. The number of rotatable bonds is 4. The molecule has 49 heavy (non-hydrogen) atoms. The van der Waals surface area contributed by atoms with Gasteiger partial charge in [-0.25, -0.2) is 0 Å². The van der Waals surface area contributed by atoms with E-state index in [2.05, 4.69) is 127 Å². The molecule has 4 bridgehead atoms. The molecule has 0 radical (unpaired) electrons. The van der Waals surface area contributed by atoms with Crippen LogP contribution < -0.4 is 4.90 Å². The second kappa shape index (κ2) is 10.5. The van der Waals surface area contributed by atoms with Gasteiger partial charge in [0.05, 0.1) is 5.69 Å². The van der Waals surface area contributed by atoms with Crippen LogP contribution in [0.5, 0.6) is 0 Å². The third-order valence-corrected chi connectivity index (χ3v) is 14.8. The monoisotopic (exact) mass is 637 g/mol. The normalized spacial score (nSPS) is 31.1. The second-order valence-corrected chi connectivity index (χ2v) is 16.7. The summed E-state index contributed by atoms with van der Waals surface area (Å²) in [4.78, 5) is 2.68. The molecule has 0 heterocycles. The molecule has 6 aliphatic carbocycles. The van der Waals surface area contributed by atoms with E-state index in [1.807, 2.05) is 0 Å². The van der Waals surface area contributed by atoms with E-state index in [1.54, 1.807) is 22.3 Å². The maximum absolute atomic E-state index is 2.68. The molecule has 7 unspecified atom stereocenters. The van der Waals surface area contributed by atoms with Gasteiger partial charge in [-0.3, -0.25) is 0 Å². The predicted molar refractivity (Wildman–Crippen MR) is 203 cm³/mol. The Balaban J connectivity index is 1.17. The first-order chi connectivity index (χ1) is 24.2. The molecule has 0 aliphatic heterocycles. The van der Waals surface area contributed by atoms with Crippen LogP contribution in [0, 0.1) is 29.6 Å². The number of hydrogen-bond donors (Lipinski definition) is 0. The highest BCUT2D eigenvalue weighted by atomic mass is 15.1. The molecule has 4 saturated carbocycles. The van der Waals surface area contributed by atoms with Crippen LogP contribution >= 0.6 is 0 Å². The van der Waals surface area contributed by atoms with Crippen LogP contribution in [0.2, 0.25) is 0 Å². The average Bonchev–Trinajstić information content (AvgIpc) is 3.91. The minimum Gasteiger partial charge on any atom is -0.310 e. The van der Waals surface area contributed by atoms with E-state index in [9.17, 15) is 0 Å². The van der Waals surface area contributed by atoms with Gasteiger partial charge in [0.2, 0.25) is 0 Å². The molecule has 0 saturated heterocycles. The van der Waals surface area contributed by atoms with Crippen molar-refractivity contribution in [2.75, 3.05) is 4.90 Å². The molecule has 5 aromatic rings. The summed E-state index contributed by atoms with van der Waals surface area (Å²) < 4.78 is 0. The lowest BCUT2D eigenvalue weighted by Gasteiger charge is -2.54. The largest absolute Gasteiger partial charge is 0.310 e. The first kappa shape index (κ1) is 28.7. The molecule has 244 valence electrons. The Kier molecular flexibility index (Phi) is 6.13. The Morgan fingerprint density at radius 2 is 1.31 bits per heavy atom. The van der Waals surface area contributed by atoms with Crippen LogP contribution in [-0.2, 0) is 10.8 Å². The smallest absolute Gasteiger partial charge is 0.0509 e. The first-order valence-electron chi connectivity index (χ1n) is 19.5. The Bertz CT molecular complexity index is 2110. The Labute approximate surface area is 292 Å². The third kappa shape index (κ3) is 3.67. The van der Waals surface area contributed by atoms with Gasteiger partial charge < -0.3 is 4.90 Å². The quantitative estimate of drug-likeness (QED) is 0.189. The van der Waals surface area contributed by atoms with E-state index in [4.69, 9.17) is 0 Å². The summed E-state index contributed by atoms with van der Waals surface area (Å²) in [5.74, 6) is 3.86. The van der Waals surface area contributed by atoms with Crippen LogP contribution in [-0.4, -0.2) is 0 Å². The Morgan fingerprint density at radius 1 is 0.571 bits per heavy atom. The molecule has 0 amide bonds. The molecule has 0 aromatic heterocycles. The van der Waals surface area contributed by atoms with Crippen LogP contribution in [0.3, 0.4) is 0 Å². The summed E-state index contributed by atoms with van der Waals surface area (Å²) in [6.45, 7) is 2.48. The van der Waals surface area contributed by atoms with Crippen molar-refractivity contribution >= 4 is 17.1 Å². The van der Waals surface area contributed by atoms with Gasteiger partial charge in [-0.05, 0) is 143 Å². The van der Waals surface area contributed by atoms with Gasteiger partial charge >= 0.3 is 0 Å². The SMILES string of the molecule is CCC1CC2CCCC(C2)C12c1ccccc1-c1cccc(N(c3ccccc3)c3ccc4c(c3)C3(CC5CCC3C5)c3ccccc3-4)c12. The van der Waals surface area contributed by atoms with Crippen molar-refractivity contribution < 1.29 is 0 Å². The highest BCUT2D eigenvalue weighted by Crippen LogP contribution is 2.68. The van der Waals surface area contributed by atoms with E-state index >= 15 is 0 Å². The molecule has 1 nitrogen and oxygen atoms in total. The fourth-order valence-electron chi connectivity index (χ4n) is 13.3. The van der Waals surface area contributed by atoms with E-state index in [1.165, 1.54) is 104 Å². The van der Waals surface area contributed by atoms with Crippen LogP contribution in [0.4, 0.5) is 17.1 Å². The lowest BCUT2D eigenvalue weighted by atomic mass is 9.49. The zero-order valence-corrected chi connectivity index (χ0v) is 28.9. The summed E-state index contributed by atoms with van der Waals surface area (Å²) in [6.07, 6.45) is 13.6. The summed E-state index contributed by atoms with van der Waals surface area (Å²) in [5.41, 5.74) is 16.6. The topological polar surface area (TPSA) is 3.24 Å². The van der Waals surface area contributed by atoms with Gasteiger partial charge in [0, 0.05) is 22.2 Å². The van der Waals surface area contributed by atoms with Crippen LogP contribution in [0.15, 0.2) is 115 Å². The van der Waals surface area contributed by atoms with Crippen molar-refractivity contribution in [2.24, 2.45) is 29.6 Å². The van der Waals surface area contributed by atoms with Crippen molar-refractivity contribution in [3.05, 3.63) is 138 Å². The minimum atomic E-state index is 0.0556. The van der Waals surface area contributed by atoms with Gasteiger partial charge in [-0.1, -0.05) is 118 Å². The molecule has 1 heteroatoms. The van der Waals surface area contributed by atoms with Crippen molar-refractivity contribution in [3.63, 3.8) is 0 Å². The van der Waals surface area contributed by atoms with Crippen molar-refractivity contribution in [3.8, 4) is 22.3 Å². The Morgan fingerprint density at radius 3 is 2.10 bits per heavy atom. The van der Waals surface area contributed by atoms with Crippen molar-refractivity contribution in [1.29, 1.82) is 0 Å². The van der Waals surface area contributed by atoms with Crippen LogP contribution in [0.25, 0.3) is 22.3 Å². The number of hydrogen-bond acceptors (Lipinski definition) is 1. The van der Waals surface area contributed by atoms with Crippen molar-refractivity contribution in [2.45, 2.75) is 82.0 Å². The second-order valence-electron chi connectivity index (χ2n) is 16.7. The lowest BCUT2D eigenvalue weighted by molar-refractivity contribution is 0.0560. The van der Waals surface area contributed by atoms with Gasteiger partial charge in [0.1, 0.15) is 0 Å². The summed E-state index contributed by atoms with van der Waals surface area (Å²) in [5, 5.41) is 0. The van der Waals surface area contributed by atoms with Gasteiger partial charge in [-0.2, -0.15) is 0 Å². The number of fused-ring (bicyclic) bond motifs is 16. The predicted octanol–water partition coefficient (Wildman–Crippen LogP) is 12.7. The van der Waals surface area contributed by atoms with E-state index in [-0.39, 0.29) is 10.8 Å². The summed E-state index contributed by atoms with van der Waals surface area (Å²) in [6, 6.07) is 45.2. The molecule has 7 atom stereocenters. The standard InChI is InChI=1S/C48H47N/c1-2-33-26-31-12-10-13-35(27-31)48(33)43-20-9-7-17-39(43)41-18-11-21-45(46(41)48)49(36-14-4-3-5-15-36)37-24-25-40-38-16-6-8-19-42(38)47(44(40)29-37)30-32-22-23-34(47)28-32/h3-9,11,14-21,24-25,29,31-35H,2,10,12-13,22-23,26-28,30H2,1H3. The van der Waals surface area contributed by atoms with Gasteiger partial charge in [0.15, 0.2) is 0 Å². The zero-order valence-electron chi connectivity index (χ0n) is 28.9. The van der Waals surface area contributed by atoms with E-state index < -0.39 is 0 Å². The maximum Gasteiger partial charge on any atom is 0.0509 e. The molecule has 5 aromatic carbocycles. The maximum atomic E-state index is 2.68. The van der Waals surface area contributed by atoms with Gasteiger partial charge in [0.25, 0.3) is 0 Å². The summed E-state index contributed by atoms with van der Waals surface area (Å²) in [7, 11) is 0. The zero-order chi connectivity index (χ0) is 32.3. The minimum absolute atomic E-state index is 0.0556. The molecule has 4 fully saturated rings. The fraction of sp³-hybridized carbons (Fsp3) is 0.375. The van der Waals surface area contributed by atoms with Crippen molar-refractivity contribution in [1.82, 2.24) is 0 Å². The average molecular weight is 638 g/mol. The van der Waals surface area contributed by atoms with E-state index in [0.29, 0.717) is 11.8 Å². The third-order valence-electron chi connectivity index (χ3n) is 14.8. The molecular weight excluding hydrogens is 591 g/mol. The molecule has 2 spiro atoms. The molecule has 0 N–H and O–H groups in total. The number of anilines is 3. The van der Waals surface area contributed by atoms with E-state index in [0.717, 1.165) is 17.8 Å². The molecule has 11 rings (SSSR count). The first-order valence-corrected chi connectivity index (χ1v) is 19.5. The Hall–Kier alpha value is -4.10. The molecule has 6 aliphatic rings. The number of para-hydroxylation sites is 1. The highest BCUT2D eigenvalue weighted by molar-refractivity contribution is 5.92. The number of benzene rings is 5. The van der Waals surface area contributed by atoms with Gasteiger partial charge in [-0.15, -0.1) is 0 Å². The number of nitrogens with zero attached hydrogens (tertiary/aromatic N) is 1. The molecular formula is C48H47N. The van der Waals surface area contributed by atoms with Crippen LogP contribution in [0.1, 0.15) is 93.4 Å². The fourth-order valence-corrected chi connectivity index (χ4v) is 13.3. The summed E-state index contributed by atoms with van der Waals surface area (Å²) >= 11 is 0. The highest BCUT2D eigenvalue weighted by Gasteiger charge is 2.59.